The fourth-order valence-corrected chi connectivity index (χ4v) is 4.76. The highest BCUT2D eigenvalue weighted by Gasteiger charge is 2.41. The summed E-state index contributed by atoms with van der Waals surface area (Å²) in [6.07, 6.45) is 0. The Bertz CT molecular complexity index is 887. The van der Waals surface area contributed by atoms with Crippen LogP contribution in [0.25, 0.3) is 0 Å². The SMILES string of the molecule is N#Cc1cccc(N2C(=O)c3c(Br)c(Br)c(Br)c(Br)c3C2=O)c1. The van der Waals surface area contributed by atoms with Crippen molar-refractivity contribution in [3.63, 3.8) is 0 Å². The molecular weight excluding hydrogens is 560 g/mol. The lowest BCUT2D eigenvalue weighted by Gasteiger charge is -2.13. The van der Waals surface area contributed by atoms with Crippen LogP contribution in [0.4, 0.5) is 5.69 Å². The highest BCUT2D eigenvalue weighted by molar-refractivity contribution is 9.15. The Hall–Kier alpha value is -1.01. The summed E-state index contributed by atoms with van der Waals surface area (Å²) in [5.74, 6) is -0.887. The number of nitrogens with zero attached hydrogens (tertiary/aromatic N) is 2. The lowest BCUT2D eigenvalue weighted by atomic mass is 10.1. The van der Waals surface area contributed by atoms with Gasteiger partial charge in [0.2, 0.25) is 0 Å². The van der Waals surface area contributed by atoms with E-state index in [0.717, 1.165) is 4.90 Å². The van der Waals surface area contributed by atoms with Gasteiger partial charge >= 0.3 is 0 Å². The summed E-state index contributed by atoms with van der Waals surface area (Å²) < 4.78 is 2.27. The lowest BCUT2D eigenvalue weighted by molar-refractivity contribution is 0.0926. The van der Waals surface area contributed by atoms with Crippen LogP contribution in [0.3, 0.4) is 0 Å². The zero-order chi connectivity index (χ0) is 16.9. The molecule has 2 amide bonds. The predicted molar refractivity (Wildman–Crippen MR) is 99.5 cm³/mol. The Morgan fingerprint density at radius 1 is 0.870 bits per heavy atom. The summed E-state index contributed by atoms with van der Waals surface area (Å²) in [6.45, 7) is 0. The predicted octanol–water partition coefficient (Wildman–Crippen LogP) is 5.41. The van der Waals surface area contributed by atoms with E-state index in [9.17, 15) is 9.59 Å². The molecule has 1 aliphatic rings. The number of carbonyl (C=O) groups excluding carboxylic acids is 2. The number of carbonyl (C=O) groups is 2. The van der Waals surface area contributed by atoms with E-state index in [-0.39, 0.29) is 11.1 Å². The molecule has 4 nitrogen and oxygen atoms in total. The molecule has 114 valence electrons. The zero-order valence-corrected chi connectivity index (χ0v) is 17.4. The lowest BCUT2D eigenvalue weighted by Crippen LogP contribution is -2.29. The van der Waals surface area contributed by atoms with E-state index < -0.39 is 11.8 Å². The minimum Gasteiger partial charge on any atom is -0.268 e. The number of anilines is 1. The van der Waals surface area contributed by atoms with Gasteiger partial charge in [0.05, 0.1) is 28.4 Å². The fraction of sp³-hybridized carbons (Fsp3) is 0. The van der Waals surface area contributed by atoms with Crippen LogP contribution >= 0.6 is 63.7 Å². The van der Waals surface area contributed by atoms with Crippen LogP contribution in [0.15, 0.2) is 42.2 Å². The Balaban J connectivity index is 2.24. The van der Waals surface area contributed by atoms with E-state index in [1.165, 1.54) is 6.07 Å². The van der Waals surface area contributed by atoms with Crippen LogP contribution in [0.2, 0.25) is 0 Å². The highest BCUT2D eigenvalue weighted by Crippen LogP contribution is 2.46. The van der Waals surface area contributed by atoms with E-state index >= 15 is 0 Å². The molecular formula is C15H4Br4N2O2. The van der Waals surface area contributed by atoms with E-state index in [2.05, 4.69) is 63.7 Å². The Labute approximate surface area is 165 Å². The van der Waals surface area contributed by atoms with E-state index in [0.29, 0.717) is 29.1 Å². The fourth-order valence-electron chi connectivity index (χ4n) is 2.30. The van der Waals surface area contributed by atoms with Crippen molar-refractivity contribution >= 4 is 81.2 Å². The normalized spacial score (nSPS) is 13.3. The second kappa shape index (κ2) is 6.13. The number of benzene rings is 2. The molecule has 1 aliphatic heterocycles. The molecule has 8 heteroatoms. The number of rotatable bonds is 1. The van der Waals surface area contributed by atoms with Gasteiger partial charge in [0.15, 0.2) is 0 Å². The van der Waals surface area contributed by atoms with Crippen molar-refractivity contribution in [2.24, 2.45) is 0 Å². The monoisotopic (exact) mass is 560 g/mol. The van der Waals surface area contributed by atoms with Gasteiger partial charge < -0.3 is 0 Å². The minimum atomic E-state index is -0.444. The van der Waals surface area contributed by atoms with Gasteiger partial charge in [-0.1, -0.05) is 6.07 Å². The smallest absolute Gasteiger partial charge is 0.267 e. The average Bonchev–Trinajstić information content (AvgIpc) is 2.82. The quantitative estimate of drug-likeness (QED) is 0.265. The molecule has 0 atom stereocenters. The second-order valence-electron chi connectivity index (χ2n) is 4.61. The van der Waals surface area contributed by atoms with Gasteiger partial charge in [-0.15, -0.1) is 0 Å². The molecule has 0 unspecified atom stereocenters. The summed E-state index contributed by atoms with van der Waals surface area (Å²) in [7, 11) is 0. The molecule has 2 aromatic carbocycles. The highest BCUT2D eigenvalue weighted by atomic mass is 79.9. The van der Waals surface area contributed by atoms with Crippen molar-refractivity contribution in [2.45, 2.75) is 0 Å². The van der Waals surface area contributed by atoms with Crippen molar-refractivity contribution in [1.82, 2.24) is 0 Å². The standard InChI is InChI=1S/C15H4Br4N2O2/c16-10-8-9(11(17)13(19)12(10)18)15(23)21(14(8)22)7-3-1-2-6(4-7)5-20/h1-4H. The van der Waals surface area contributed by atoms with Crippen LogP contribution in [0.5, 0.6) is 0 Å². The topological polar surface area (TPSA) is 61.2 Å². The largest absolute Gasteiger partial charge is 0.268 e. The molecule has 1 heterocycles. The molecule has 0 saturated carbocycles. The summed E-state index contributed by atoms with van der Waals surface area (Å²) >= 11 is 13.5. The maximum absolute atomic E-state index is 12.8. The third-order valence-electron chi connectivity index (χ3n) is 3.33. The number of halogens is 4. The molecule has 0 radical (unpaired) electrons. The molecule has 0 spiro atoms. The van der Waals surface area contributed by atoms with Gasteiger partial charge in [-0.3, -0.25) is 9.59 Å². The van der Waals surface area contributed by atoms with Crippen LogP contribution in [0, 0.1) is 11.3 Å². The van der Waals surface area contributed by atoms with Crippen molar-refractivity contribution in [3.8, 4) is 6.07 Å². The van der Waals surface area contributed by atoms with Crippen LogP contribution in [0.1, 0.15) is 26.3 Å². The average molecular weight is 564 g/mol. The molecule has 0 aromatic heterocycles. The summed E-state index contributed by atoms with van der Waals surface area (Å²) in [4.78, 5) is 26.6. The van der Waals surface area contributed by atoms with E-state index in [1.807, 2.05) is 6.07 Å². The van der Waals surface area contributed by atoms with E-state index in [1.54, 1.807) is 18.2 Å². The molecule has 0 fully saturated rings. The Kier molecular flexibility index (Phi) is 4.49. The van der Waals surface area contributed by atoms with Crippen molar-refractivity contribution in [3.05, 3.63) is 58.8 Å². The van der Waals surface area contributed by atoms with Crippen molar-refractivity contribution in [2.75, 3.05) is 4.90 Å². The van der Waals surface area contributed by atoms with Crippen LogP contribution in [-0.4, -0.2) is 11.8 Å². The number of hydrogen-bond donors (Lipinski definition) is 0. The molecule has 0 saturated heterocycles. The van der Waals surface area contributed by atoms with Gasteiger partial charge in [0, 0.05) is 17.9 Å². The van der Waals surface area contributed by atoms with E-state index in [4.69, 9.17) is 5.26 Å². The first-order valence-corrected chi connectivity index (χ1v) is 9.30. The molecule has 0 N–H and O–H groups in total. The maximum Gasteiger partial charge on any atom is 0.267 e. The first-order valence-electron chi connectivity index (χ1n) is 6.13. The second-order valence-corrected chi connectivity index (χ2v) is 7.79. The Morgan fingerprint density at radius 2 is 1.39 bits per heavy atom. The maximum atomic E-state index is 12.8. The van der Waals surface area contributed by atoms with Gasteiger partial charge in [0.1, 0.15) is 0 Å². The van der Waals surface area contributed by atoms with Crippen molar-refractivity contribution in [1.29, 1.82) is 5.26 Å². The zero-order valence-electron chi connectivity index (χ0n) is 11.0. The van der Waals surface area contributed by atoms with Crippen LogP contribution < -0.4 is 4.90 Å². The number of nitriles is 1. The molecule has 0 aliphatic carbocycles. The third kappa shape index (κ3) is 2.50. The number of imide groups is 1. The third-order valence-corrected chi connectivity index (χ3v) is 8.10. The molecule has 3 rings (SSSR count). The minimum absolute atomic E-state index is 0.277. The van der Waals surface area contributed by atoms with Gasteiger partial charge in [-0.25, -0.2) is 4.90 Å². The van der Waals surface area contributed by atoms with Crippen molar-refractivity contribution < 1.29 is 9.59 Å². The first-order chi connectivity index (χ1) is 10.9. The number of hydrogen-bond acceptors (Lipinski definition) is 3. The molecule has 23 heavy (non-hydrogen) atoms. The summed E-state index contributed by atoms with van der Waals surface area (Å²) in [5, 5.41) is 9.01. The number of amides is 2. The molecule has 0 bridgehead atoms. The number of fused-ring (bicyclic) bond motifs is 1. The molecule has 2 aromatic rings. The van der Waals surface area contributed by atoms with Gasteiger partial charge in [-0.2, -0.15) is 5.26 Å². The van der Waals surface area contributed by atoms with Gasteiger partial charge in [0.25, 0.3) is 11.8 Å². The summed E-state index contributed by atoms with van der Waals surface area (Å²) in [6, 6.07) is 8.37. The summed E-state index contributed by atoms with van der Waals surface area (Å²) in [5.41, 5.74) is 1.29. The van der Waals surface area contributed by atoms with Crippen LogP contribution in [-0.2, 0) is 0 Å². The Morgan fingerprint density at radius 3 is 1.87 bits per heavy atom. The first kappa shape index (κ1) is 16.8. The van der Waals surface area contributed by atoms with Gasteiger partial charge in [-0.05, 0) is 81.9 Å².